The number of para-hydroxylation sites is 2. The van der Waals surface area contributed by atoms with Gasteiger partial charge in [0.1, 0.15) is 23.1 Å². The van der Waals surface area contributed by atoms with Crippen LogP contribution >= 0.6 is 23.1 Å². The molecule has 126 valence electrons. The van der Waals surface area contributed by atoms with Gasteiger partial charge in [0.25, 0.3) is 0 Å². The van der Waals surface area contributed by atoms with E-state index in [2.05, 4.69) is 15.5 Å². The van der Waals surface area contributed by atoms with Crippen LogP contribution in [0.5, 0.6) is 5.75 Å². The van der Waals surface area contributed by atoms with Gasteiger partial charge >= 0.3 is 0 Å². The molecular weight excluding hydrogens is 358 g/mol. The highest BCUT2D eigenvalue weighted by Crippen LogP contribution is 2.27. The smallest absolute Gasteiger partial charge is 0.235 e. The molecule has 2 aromatic heterocycles. The molecule has 3 rings (SSSR count). The van der Waals surface area contributed by atoms with E-state index in [1.54, 1.807) is 29.5 Å². The summed E-state index contributed by atoms with van der Waals surface area (Å²) < 4.78 is 7.12. The zero-order chi connectivity index (χ0) is 17.6. The number of aromatic nitrogens is 3. The average Bonchev–Trinajstić information content (AvgIpc) is 3.28. The number of carbonyl (C=O) groups excluding carboxylic acids is 1. The van der Waals surface area contributed by atoms with Gasteiger partial charge in [-0.15, -0.1) is 21.5 Å². The summed E-state index contributed by atoms with van der Waals surface area (Å²) in [5.74, 6) is 0.626. The lowest BCUT2D eigenvalue weighted by Crippen LogP contribution is -2.14. The first-order chi connectivity index (χ1) is 12.2. The summed E-state index contributed by atoms with van der Waals surface area (Å²) in [5, 5.41) is 22.6. The van der Waals surface area contributed by atoms with Crippen molar-refractivity contribution >= 4 is 34.0 Å². The van der Waals surface area contributed by atoms with Crippen molar-refractivity contribution in [3.63, 3.8) is 0 Å². The van der Waals surface area contributed by atoms with Crippen molar-refractivity contribution in [2.75, 3.05) is 18.2 Å². The third-order valence-corrected chi connectivity index (χ3v) is 5.01. The Morgan fingerprint density at radius 2 is 2.28 bits per heavy atom. The van der Waals surface area contributed by atoms with Crippen LogP contribution < -0.4 is 10.1 Å². The number of ether oxygens (including phenoxy) is 1. The van der Waals surface area contributed by atoms with Crippen LogP contribution in [0.3, 0.4) is 0 Å². The highest BCUT2D eigenvalue weighted by atomic mass is 32.2. The second kappa shape index (κ2) is 7.83. The molecule has 0 saturated carbocycles. The molecule has 0 radical (unpaired) electrons. The van der Waals surface area contributed by atoms with Crippen LogP contribution in [-0.4, -0.2) is 33.5 Å². The number of rotatable bonds is 6. The number of amides is 1. The lowest BCUT2D eigenvalue weighted by Gasteiger charge is -2.10. The molecule has 7 nitrogen and oxygen atoms in total. The molecule has 1 N–H and O–H groups in total. The fourth-order valence-electron chi connectivity index (χ4n) is 2.10. The molecule has 0 saturated heterocycles. The van der Waals surface area contributed by atoms with Gasteiger partial charge in [0.2, 0.25) is 5.91 Å². The second-order valence-corrected chi connectivity index (χ2v) is 6.63. The normalized spacial score (nSPS) is 10.2. The number of nitriles is 1. The molecule has 0 unspecified atom stereocenters. The van der Waals surface area contributed by atoms with Crippen molar-refractivity contribution in [1.82, 2.24) is 14.8 Å². The summed E-state index contributed by atoms with van der Waals surface area (Å²) in [6, 6.07) is 11.2. The van der Waals surface area contributed by atoms with Crippen LogP contribution in [0.2, 0.25) is 0 Å². The summed E-state index contributed by atoms with van der Waals surface area (Å²) in [6.45, 7) is 0. The third kappa shape index (κ3) is 3.81. The van der Waals surface area contributed by atoms with E-state index in [1.807, 2.05) is 30.3 Å². The molecule has 0 aliphatic heterocycles. The Labute approximate surface area is 152 Å². The minimum absolute atomic E-state index is 0.149. The topological polar surface area (TPSA) is 92.8 Å². The van der Waals surface area contributed by atoms with Crippen LogP contribution in [0.15, 0.2) is 47.2 Å². The molecular formula is C16H13N5O2S2. The number of carbonyl (C=O) groups is 1. The first-order valence-electron chi connectivity index (χ1n) is 7.16. The zero-order valence-corrected chi connectivity index (χ0v) is 14.8. The standard InChI is InChI=1S/C16H13N5O2S2/c1-23-13-5-3-2-4-12(13)21-10-18-20-16(21)25-9-14(22)19-15-11(8-17)6-7-24-15/h2-7,10H,9H2,1H3,(H,19,22). The predicted octanol–water partition coefficient (Wildman–Crippen LogP) is 2.94. The maximum absolute atomic E-state index is 12.1. The van der Waals surface area contributed by atoms with E-state index in [0.29, 0.717) is 21.5 Å². The van der Waals surface area contributed by atoms with E-state index in [9.17, 15) is 4.79 Å². The molecule has 0 aliphatic carbocycles. The first kappa shape index (κ1) is 17.0. The minimum atomic E-state index is -0.210. The Morgan fingerprint density at radius 1 is 1.44 bits per heavy atom. The van der Waals surface area contributed by atoms with Crippen molar-refractivity contribution in [2.24, 2.45) is 0 Å². The van der Waals surface area contributed by atoms with Crippen LogP contribution in [0.25, 0.3) is 5.69 Å². The molecule has 25 heavy (non-hydrogen) atoms. The fourth-order valence-corrected chi connectivity index (χ4v) is 3.58. The van der Waals surface area contributed by atoms with Crippen LogP contribution in [0.1, 0.15) is 5.56 Å². The van der Waals surface area contributed by atoms with Gasteiger partial charge in [-0.25, -0.2) is 0 Å². The molecule has 0 fully saturated rings. The Hall–Kier alpha value is -2.83. The average molecular weight is 371 g/mol. The van der Waals surface area contributed by atoms with Crippen molar-refractivity contribution in [3.8, 4) is 17.5 Å². The molecule has 1 amide bonds. The SMILES string of the molecule is COc1ccccc1-n1cnnc1SCC(=O)Nc1sccc1C#N. The first-order valence-corrected chi connectivity index (χ1v) is 9.03. The van der Waals surface area contributed by atoms with Gasteiger partial charge in [0, 0.05) is 0 Å². The summed E-state index contributed by atoms with van der Waals surface area (Å²) in [7, 11) is 1.59. The Bertz CT molecular complexity index is 929. The molecule has 2 heterocycles. The molecule has 0 atom stereocenters. The molecule has 0 bridgehead atoms. The molecule has 3 aromatic rings. The van der Waals surface area contributed by atoms with E-state index in [-0.39, 0.29) is 11.7 Å². The number of thioether (sulfide) groups is 1. The minimum Gasteiger partial charge on any atom is -0.495 e. The van der Waals surface area contributed by atoms with Crippen molar-refractivity contribution in [2.45, 2.75) is 5.16 Å². The summed E-state index contributed by atoms with van der Waals surface area (Å²) >= 11 is 2.57. The summed E-state index contributed by atoms with van der Waals surface area (Å²) in [5.41, 5.74) is 1.25. The Balaban J connectivity index is 1.70. The van der Waals surface area contributed by atoms with E-state index >= 15 is 0 Å². The number of hydrogen-bond acceptors (Lipinski definition) is 7. The zero-order valence-electron chi connectivity index (χ0n) is 13.2. The molecule has 1 aromatic carbocycles. The van der Waals surface area contributed by atoms with Gasteiger partial charge in [0.05, 0.1) is 24.1 Å². The van der Waals surface area contributed by atoms with Gasteiger partial charge in [-0.2, -0.15) is 5.26 Å². The third-order valence-electron chi connectivity index (χ3n) is 3.23. The second-order valence-electron chi connectivity index (χ2n) is 4.77. The fraction of sp³-hybridized carbons (Fsp3) is 0.125. The lowest BCUT2D eigenvalue weighted by molar-refractivity contribution is -0.113. The van der Waals surface area contributed by atoms with Crippen molar-refractivity contribution in [3.05, 3.63) is 47.6 Å². The largest absolute Gasteiger partial charge is 0.495 e. The van der Waals surface area contributed by atoms with Gasteiger partial charge in [-0.3, -0.25) is 9.36 Å². The molecule has 0 spiro atoms. The van der Waals surface area contributed by atoms with Gasteiger partial charge in [-0.1, -0.05) is 23.9 Å². The van der Waals surface area contributed by atoms with Crippen LogP contribution in [0.4, 0.5) is 5.00 Å². The number of anilines is 1. The van der Waals surface area contributed by atoms with Crippen LogP contribution in [0, 0.1) is 11.3 Å². The van der Waals surface area contributed by atoms with E-state index in [4.69, 9.17) is 10.00 Å². The molecule has 0 aliphatic rings. The lowest BCUT2D eigenvalue weighted by atomic mass is 10.3. The monoisotopic (exact) mass is 371 g/mol. The predicted molar refractivity (Wildman–Crippen MR) is 96.3 cm³/mol. The van der Waals surface area contributed by atoms with Gasteiger partial charge in [0.15, 0.2) is 5.16 Å². The highest BCUT2D eigenvalue weighted by molar-refractivity contribution is 7.99. The van der Waals surface area contributed by atoms with E-state index in [0.717, 1.165) is 5.69 Å². The van der Waals surface area contributed by atoms with E-state index < -0.39 is 0 Å². The number of nitrogens with zero attached hydrogens (tertiary/aromatic N) is 4. The van der Waals surface area contributed by atoms with Crippen molar-refractivity contribution < 1.29 is 9.53 Å². The van der Waals surface area contributed by atoms with E-state index in [1.165, 1.54) is 23.1 Å². The Kier molecular flexibility index (Phi) is 5.33. The van der Waals surface area contributed by atoms with Crippen molar-refractivity contribution in [1.29, 1.82) is 5.26 Å². The number of benzene rings is 1. The quantitative estimate of drug-likeness (QED) is 0.670. The number of thiophene rings is 1. The Morgan fingerprint density at radius 3 is 3.08 bits per heavy atom. The van der Waals surface area contributed by atoms with Crippen LogP contribution in [-0.2, 0) is 4.79 Å². The number of methoxy groups -OCH3 is 1. The number of hydrogen-bond donors (Lipinski definition) is 1. The maximum atomic E-state index is 12.1. The summed E-state index contributed by atoms with van der Waals surface area (Å²) in [4.78, 5) is 12.1. The highest BCUT2D eigenvalue weighted by Gasteiger charge is 2.14. The molecule has 9 heteroatoms. The van der Waals surface area contributed by atoms with Gasteiger partial charge in [-0.05, 0) is 23.6 Å². The maximum Gasteiger partial charge on any atom is 0.235 e. The summed E-state index contributed by atoms with van der Waals surface area (Å²) in [6.07, 6.45) is 1.57. The number of nitrogens with one attached hydrogen (secondary N) is 1. The van der Waals surface area contributed by atoms with Gasteiger partial charge < -0.3 is 10.1 Å².